The molecule has 8 nitrogen and oxygen atoms in total. The Labute approximate surface area is 216 Å². The van der Waals surface area contributed by atoms with Gasteiger partial charge in [-0.3, -0.25) is 9.59 Å². The third-order valence-corrected chi connectivity index (χ3v) is 4.58. The van der Waals surface area contributed by atoms with Crippen molar-refractivity contribution in [2.75, 3.05) is 13.2 Å². The molecule has 0 spiro atoms. The second kappa shape index (κ2) is 20.3. The number of unbranched alkanes of at least 4 members (excludes halogenated alkanes) is 3. The van der Waals surface area contributed by atoms with Crippen molar-refractivity contribution in [3.8, 4) is 0 Å². The van der Waals surface area contributed by atoms with Crippen LogP contribution >= 0.6 is 0 Å². The highest BCUT2D eigenvalue weighted by molar-refractivity contribution is 6.03. The van der Waals surface area contributed by atoms with E-state index in [1.54, 1.807) is 24.3 Å². The molecule has 0 radical (unpaired) electrons. The fraction of sp³-hybridized carbons (Fsp3) is 0.643. The van der Waals surface area contributed by atoms with Gasteiger partial charge < -0.3 is 18.9 Å². The van der Waals surface area contributed by atoms with Gasteiger partial charge in [-0.25, -0.2) is 9.59 Å². The van der Waals surface area contributed by atoms with Crippen LogP contribution in [0, 0.1) is 0 Å². The van der Waals surface area contributed by atoms with Crippen LogP contribution in [0.25, 0.3) is 0 Å². The number of hydrogen-bond acceptors (Lipinski definition) is 8. The van der Waals surface area contributed by atoms with Crippen molar-refractivity contribution in [2.24, 2.45) is 0 Å². The topological polar surface area (TPSA) is 105 Å². The van der Waals surface area contributed by atoms with E-state index in [2.05, 4.69) is 0 Å². The van der Waals surface area contributed by atoms with Gasteiger partial charge in [0, 0.05) is 12.8 Å². The maximum Gasteiger partial charge on any atom is 0.339 e. The van der Waals surface area contributed by atoms with Gasteiger partial charge in [0.1, 0.15) is 0 Å². The van der Waals surface area contributed by atoms with E-state index >= 15 is 0 Å². The quantitative estimate of drug-likeness (QED) is 0.160. The summed E-state index contributed by atoms with van der Waals surface area (Å²) in [6, 6.07) is 6.59. The molecule has 0 aliphatic carbocycles. The van der Waals surface area contributed by atoms with Crippen LogP contribution in [-0.2, 0) is 28.5 Å². The molecule has 0 saturated carbocycles. The van der Waals surface area contributed by atoms with E-state index in [4.69, 9.17) is 18.9 Å². The maximum atomic E-state index is 11.9. The molecule has 0 saturated heterocycles. The standard InChI is InChI=1S/C16H22O4.C12H22O4/c1-3-5-11-19-15(17)13-9-7-8-10-14(13)16(18)20-12-6-4-2;1-9(2)15-11(13)7-5-6-8-12(14)16-10(3)4/h7-10H,3-6,11-12H2,1-2H3;9-10H,5-8H2,1-4H3. The number of ether oxygens (including phenoxy) is 4. The molecule has 0 aliphatic heterocycles. The number of benzene rings is 1. The van der Waals surface area contributed by atoms with Crippen LogP contribution in [0.4, 0.5) is 0 Å². The lowest BCUT2D eigenvalue weighted by atomic mass is 10.1. The zero-order valence-corrected chi connectivity index (χ0v) is 22.8. The summed E-state index contributed by atoms with van der Waals surface area (Å²) >= 11 is 0. The first-order valence-corrected chi connectivity index (χ1v) is 12.9. The van der Waals surface area contributed by atoms with Crippen LogP contribution in [0.15, 0.2) is 24.3 Å². The van der Waals surface area contributed by atoms with E-state index in [0.29, 0.717) is 38.9 Å². The van der Waals surface area contributed by atoms with Crippen LogP contribution in [-0.4, -0.2) is 49.3 Å². The minimum atomic E-state index is -0.471. The Bertz CT molecular complexity index is 721. The fourth-order valence-corrected chi connectivity index (χ4v) is 2.80. The SMILES string of the molecule is CC(C)OC(=O)CCCCC(=O)OC(C)C.CCCCOC(=O)c1ccccc1C(=O)OCCCC. The van der Waals surface area contributed by atoms with Crippen LogP contribution in [0.1, 0.15) is 114 Å². The summed E-state index contributed by atoms with van der Waals surface area (Å²) in [6.07, 6.45) is 5.46. The summed E-state index contributed by atoms with van der Waals surface area (Å²) in [5, 5.41) is 0. The summed E-state index contributed by atoms with van der Waals surface area (Å²) in [4.78, 5) is 46.2. The third-order valence-electron chi connectivity index (χ3n) is 4.58. The van der Waals surface area contributed by atoms with E-state index in [-0.39, 0.29) is 35.3 Å². The van der Waals surface area contributed by atoms with Gasteiger partial charge in [0.05, 0.1) is 36.5 Å². The lowest BCUT2D eigenvalue weighted by molar-refractivity contribution is -0.149. The van der Waals surface area contributed by atoms with Gasteiger partial charge in [-0.05, 0) is 65.5 Å². The molecule has 1 rings (SSSR count). The second-order valence-electron chi connectivity index (χ2n) is 8.81. The normalized spacial score (nSPS) is 10.3. The predicted molar refractivity (Wildman–Crippen MR) is 138 cm³/mol. The molecule has 0 amide bonds. The van der Waals surface area contributed by atoms with Gasteiger partial charge in [-0.1, -0.05) is 38.8 Å². The summed E-state index contributed by atoms with van der Waals surface area (Å²) in [7, 11) is 0. The molecule has 0 unspecified atom stereocenters. The molecule has 0 fully saturated rings. The van der Waals surface area contributed by atoms with Crippen molar-refractivity contribution in [1.82, 2.24) is 0 Å². The van der Waals surface area contributed by atoms with Gasteiger partial charge in [0.15, 0.2) is 0 Å². The van der Waals surface area contributed by atoms with Crippen LogP contribution in [0.2, 0.25) is 0 Å². The molecular formula is C28H44O8. The lowest BCUT2D eigenvalue weighted by Gasteiger charge is -2.09. The Morgan fingerprint density at radius 1 is 0.639 bits per heavy atom. The summed E-state index contributed by atoms with van der Waals surface area (Å²) < 4.78 is 20.2. The van der Waals surface area contributed by atoms with Gasteiger partial charge in [-0.2, -0.15) is 0 Å². The Balaban J connectivity index is 0.000000700. The molecule has 0 aliphatic rings. The largest absolute Gasteiger partial charge is 0.463 e. The zero-order valence-electron chi connectivity index (χ0n) is 22.8. The molecule has 1 aromatic carbocycles. The molecule has 8 heteroatoms. The molecule has 0 atom stereocenters. The van der Waals surface area contributed by atoms with Gasteiger partial charge in [0.2, 0.25) is 0 Å². The highest BCUT2D eigenvalue weighted by Gasteiger charge is 2.18. The Kier molecular flexibility index (Phi) is 18.7. The van der Waals surface area contributed by atoms with Crippen molar-refractivity contribution < 1.29 is 38.1 Å². The van der Waals surface area contributed by atoms with E-state index in [9.17, 15) is 19.2 Å². The predicted octanol–water partition coefficient (Wildman–Crippen LogP) is 6.05. The van der Waals surface area contributed by atoms with Gasteiger partial charge in [0.25, 0.3) is 0 Å². The van der Waals surface area contributed by atoms with Crippen molar-refractivity contribution in [3.05, 3.63) is 35.4 Å². The monoisotopic (exact) mass is 508 g/mol. The maximum absolute atomic E-state index is 11.9. The van der Waals surface area contributed by atoms with E-state index in [0.717, 1.165) is 25.7 Å². The number of carbonyl (C=O) groups excluding carboxylic acids is 4. The average molecular weight is 509 g/mol. The minimum absolute atomic E-state index is 0.0709. The minimum Gasteiger partial charge on any atom is -0.463 e. The zero-order chi connectivity index (χ0) is 27.3. The molecule has 1 aromatic rings. The smallest absolute Gasteiger partial charge is 0.339 e. The number of carbonyl (C=O) groups is 4. The average Bonchev–Trinajstić information content (AvgIpc) is 2.81. The first-order valence-electron chi connectivity index (χ1n) is 12.9. The van der Waals surface area contributed by atoms with Crippen LogP contribution < -0.4 is 0 Å². The van der Waals surface area contributed by atoms with Gasteiger partial charge in [-0.15, -0.1) is 0 Å². The molecule has 204 valence electrons. The van der Waals surface area contributed by atoms with Crippen molar-refractivity contribution in [3.63, 3.8) is 0 Å². The number of esters is 4. The first-order chi connectivity index (χ1) is 17.1. The van der Waals surface area contributed by atoms with Crippen LogP contribution in [0.3, 0.4) is 0 Å². The van der Waals surface area contributed by atoms with E-state index in [1.807, 2.05) is 41.5 Å². The van der Waals surface area contributed by atoms with E-state index < -0.39 is 11.9 Å². The molecule has 0 heterocycles. The Morgan fingerprint density at radius 2 is 1.00 bits per heavy atom. The Morgan fingerprint density at radius 3 is 1.31 bits per heavy atom. The van der Waals surface area contributed by atoms with Crippen molar-refractivity contribution in [2.45, 2.75) is 105 Å². The van der Waals surface area contributed by atoms with E-state index in [1.165, 1.54) is 0 Å². The summed E-state index contributed by atoms with van der Waals surface area (Å²) in [5.41, 5.74) is 0.537. The van der Waals surface area contributed by atoms with Gasteiger partial charge >= 0.3 is 23.9 Å². The lowest BCUT2D eigenvalue weighted by Crippen LogP contribution is -2.14. The highest BCUT2D eigenvalue weighted by atomic mass is 16.5. The number of rotatable bonds is 15. The molecule has 36 heavy (non-hydrogen) atoms. The van der Waals surface area contributed by atoms with Crippen LogP contribution in [0.5, 0.6) is 0 Å². The molecule has 0 N–H and O–H groups in total. The van der Waals surface area contributed by atoms with Crippen molar-refractivity contribution >= 4 is 23.9 Å². The molecule has 0 aromatic heterocycles. The fourth-order valence-electron chi connectivity index (χ4n) is 2.80. The molecule has 0 bridgehead atoms. The summed E-state index contributed by atoms with van der Waals surface area (Å²) in [5.74, 6) is -1.34. The summed E-state index contributed by atoms with van der Waals surface area (Å²) in [6.45, 7) is 12.1. The Hall–Kier alpha value is -2.90. The first kappa shape index (κ1) is 33.1. The third kappa shape index (κ3) is 16.7. The highest BCUT2D eigenvalue weighted by Crippen LogP contribution is 2.13. The molecular weight excluding hydrogens is 464 g/mol. The number of hydrogen-bond donors (Lipinski definition) is 0. The van der Waals surface area contributed by atoms with Crippen molar-refractivity contribution in [1.29, 1.82) is 0 Å². The second-order valence-corrected chi connectivity index (χ2v) is 8.81.